The number of primary amides is 1. The number of hydrogen-bond acceptors (Lipinski definition) is 4. The van der Waals surface area contributed by atoms with Crippen molar-refractivity contribution in [3.63, 3.8) is 0 Å². The highest BCUT2D eigenvalue weighted by Crippen LogP contribution is 2.10. The van der Waals surface area contributed by atoms with Gasteiger partial charge in [0, 0.05) is 26.2 Å². The van der Waals surface area contributed by atoms with Crippen LogP contribution in [0.5, 0.6) is 0 Å². The van der Waals surface area contributed by atoms with Crippen LogP contribution in [0.4, 0.5) is 4.39 Å². The lowest BCUT2D eigenvalue weighted by Gasteiger charge is -2.26. The lowest BCUT2D eigenvalue weighted by Crippen LogP contribution is -2.41. The number of hydrogen-bond donors (Lipinski definition) is 3. The van der Waals surface area contributed by atoms with Gasteiger partial charge in [0.25, 0.3) is 0 Å². The van der Waals surface area contributed by atoms with Crippen LogP contribution in [-0.2, 0) is 16.0 Å². The molecule has 29 heavy (non-hydrogen) atoms. The number of benzene rings is 1. The number of halogens is 2. The number of nitrogens with zero attached hydrogens (tertiary/aromatic N) is 2. The van der Waals surface area contributed by atoms with Crippen LogP contribution in [0.1, 0.15) is 18.9 Å². The fourth-order valence-corrected chi connectivity index (χ4v) is 3.04. The maximum Gasteiger partial charge on any atom is 0.222 e. The van der Waals surface area contributed by atoms with Crippen LogP contribution in [0.25, 0.3) is 0 Å². The number of rotatable bonds is 10. The quantitative estimate of drug-likeness (QED) is 0.187. The van der Waals surface area contributed by atoms with Gasteiger partial charge in [0.15, 0.2) is 5.96 Å². The third-order valence-corrected chi connectivity index (χ3v) is 4.66. The third kappa shape index (κ3) is 10.2. The first kappa shape index (κ1) is 25.6. The summed E-state index contributed by atoms with van der Waals surface area (Å²) in [7, 11) is 0. The fourth-order valence-electron chi connectivity index (χ4n) is 3.04. The second kappa shape index (κ2) is 14.5. The molecule has 1 aliphatic rings. The van der Waals surface area contributed by atoms with Gasteiger partial charge in [0.1, 0.15) is 5.82 Å². The van der Waals surface area contributed by atoms with Gasteiger partial charge >= 0.3 is 0 Å². The van der Waals surface area contributed by atoms with E-state index < -0.39 is 11.8 Å². The van der Waals surface area contributed by atoms with Crippen molar-refractivity contribution in [3.8, 4) is 0 Å². The minimum atomic E-state index is -0.436. The second-order valence-electron chi connectivity index (χ2n) is 6.88. The van der Waals surface area contributed by atoms with E-state index in [1.165, 1.54) is 12.1 Å². The van der Waals surface area contributed by atoms with Crippen molar-refractivity contribution in [2.24, 2.45) is 16.6 Å². The molecule has 1 aliphatic heterocycles. The number of aliphatic imine (C=N–C) groups is 1. The summed E-state index contributed by atoms with van der Waals surface area (Å²) >= 11 is 0. The maximum atomic E-state index is 13.0. The summed E-state index contributed by atoms with van der Waals surface area (Å²) in [5.41, 5.74) is 6.40. The van der Waals surface area contributed by atoms with Gasteiger partial charge in [-0.1, -0.05) is 12.1 Å². The molecule has 1 heterocycles. The number of ether oxygens (including phenoxy) is 1. The van der Waals surface area contributed by atoms with Gasteiger partial charge in [-0.25, -0.2) is 4.39 Å². The number of carbonyl (C=O) groups excluding carboxylic acids is 1. The topological polar surface area (TPSA) is 92.0 Å². The number of guanidine groups is 1. The molecule has 0 aromatic heterocycles. The smallest absolute Gasteiger partial charge is 0.222 e. The Balaban J connectivity index is 0.00000420. The molecule has 1 aromatic carbocycles. The van der Waals surface area contributed by atoms with Crippen LogP contribution in [0.2, 0.25) is 0 Å². The van der Waals surface area contributed by atoms with Crippen LogP contribution in [0, 0.1) is 11.7 Å². The van der Waals surface area contributed by atoms with E-state index in [0.717, 1.165) is 57.9 Å². The van der Waals surface area contributed by atoms with E-state index in [1.54, 1.807) is 12.1 Å². The van der Waals surface area contributed by atoms with Gasteiger partial charge < -0.3 is 21.1 Å². The summed E-state index contributed by atoms with van der Waals surface area (Å²) in [4.78, 5) is 18.7. The summed E-state index contributed by atoms with van der Waals surface area (Å²) in [6.07, 6.45) is 1.44. The first-order chi connectivity index (χ1) is 13.6. The Labute approximate surface area is 189 Å². The predicted octanol–water partition coefficient (Wildman–Crippen LogP) is 1.37. The van der Waals surface area contributed by atoms with Crippen molar-refractivity contribution in [2.75, 3.05) is 52.5 Å². The molecule has 1 unspecified atom stereocenters. The number of nitrogens with two attached hydrogens (primary N) is 1. The number of carbonyl (C=O) groups is 1. The molecule has 2 rings (SSSR count). The zero-order valence-electron chi connectivity index (χ0n) is 17.0. The highest BCUT2D eigenvalue weighted by molar-refractivity contribution is 14.0. The lowest BCUT2D eigenvalue weighted by molar-refractivity contribution is -0.121. The van der Waals surface area contributed by atoms with Gasteiger partial charge in [0.2, 0.25) is 5.91 Å². The summed E-state index contributed by atoms with van der Waals surface area (Å²) < 4.78 is 18.4. The summed E-state index contributed by atoms with van der Waals surface area (Å²) in [5, 5.41) is 6.50. The predicted molar refractivity (Wildman–Crippen MR) is 124 cm³/mol. The third-order valence-electron chi connectivity index (χ3n) is 4.66. The second-order valence-corrected chi connectivity index (χ2v) is 6.88. The van der Waals surface area contributed by atoms with Crippen LogP contribution in [-0.4, -0.2) is 69.2 Å². The Hall–Kier alpha value is -1.46. The van der Waals surface area contributed by atoms with Gasteiger partial charge in [-0.3, -0.25) is 14.7 Å². The maximum absolute atomic E-state index is 13.0. The van der Waals surface area contributed by atoms with Crippen molar-refractivity contribution in [1.29, 1.82) is 0 Å². The molecule has 0 aliphatic carbocycles. The van der Waals surface area contributed by atoms with E-state index in [1.807, 2.05) is 6.92 Å². The summed E-state index contributed by atoms with van der Waals surface area (Å²) in [6, 6.07) is 6.11. The summed E-state index contributed by atoms with van der Waals surface area (Å²) in [5.74, 6) is -0.464. The van der Waals surface area contributed by atoms with Gasteiger partial charge in [-0.15, -0.1) is 24.0 Å². The van der Waals surface area contributed by atoms with E-state index in [0.29, 0.717) is 12.4 Å². The van der Waals surface area contributed by atoms with Crippen LogP contribution < -0.4 is 16.4 Å². The van der Waals surface area contributed by atoms with Gasteiger partial charge in [0.05, 0.1) is 25.7 Å². The molecule has 1 saturated heterocycles. The standard InChI is InChI=1S/C20H32FN5O2.HI/c1-2-23-20(24-8-3-9-26-10-12-28-13-11-26)25-15-17(19(22)27)14-16-4-6-18(21)7-5-16;/h4-7,17H,2-3,8-15H2,1H3,(H2,22,27)(H2,23,24,25);1H. The van der Waals surface area contributed by atoms with Crippen LogP contribution >= 0.6 is 24.0 Å². The largest absolute Gasteiger partial charge is 0.379 e. The molecule has 0 saturated carbocycles. The molecule has 9 heteroatoms. The van der Waals surface area contributed by atoms with Crippen molar-refractivity contribution >= 4 is 35.8 Å². The molecule has 1 aromatic rings. The Bertz CT molecular complexity index is 624. The first-order valence-electron chi connectivity index (χ1n) is 9.94. The molecular weight excluding hydrogens is 488 g/mol. The minimum absolute atomic E-state index is 0. The SMILES string of the molecule is CCNC(=NCC(Cc1ccc(F)cc1)C(N)=O)NCCCN1CCOCC1.I. The molecule has 1 amide bonds. The van der Waals surface area contributed by atoms with Crippen molar-refractivity contribution in [3.05, 3.63) is 35.6 Å². The van der Waals surface area contributed by atoms with Crippen molar-refractivity contribution < 1.29 is 13.9 Å². The molecule has 1 fully saturated rings. The van der Waals surface area contributed by atoms with E-state index in [-0.39, 0.29) is 36.3 Å². The number of nitrogens with one attached hydrogen (secondary N) is 2. The van der Waals surface area contributed by atoms with Gasteiger partial charge in [-0.2, -0.15) is 0 Å². The Kier molecular flexibility index (Phi) is 12.8. The Morgan fingerprint density at radius 3 is 2.59 bits per heavy atom. The molecular formula is C20H33FIN5O2. The minimum Gasteiger partial charge on any atom is -0.379 e. The van der Waals surface area contributed by atoms with Crippen molar-refractivity contribution in [1.82, 2.24) is 15.5 Å². The van der Waals surface area contributed by atoms with E-state index >= 15 is 0 Å². The van der Waals surface area contributed by atoms with E-state index in [9.17, 15) is 9.18 Å². The zero-order valence-corrected chi connectivity index (χ0v) is 19.4. The van der Waals surface area contributed by atoms with Crippen LogP contribution in [0.15, 0.2) is 29.3 Å². The fraction of sp³-hybridized carbons (Fsp3) is 0.600. The monoisotopic (exact) mass is 521 g/mol. The first-order valence-corrected chi connectivity index (χ1v) is 9.94. The molecule has 0 spiro atoms. The Morgan fingerprint density at radius 2 is 1.97 bits per heavy atom. The van der Waals surface area contributed by atoms with Gasteiger partial charge in [-0.05, 0) is 44.0 Å². The number of morpholine rings is 1. The van der Waals surface area contributed by atoms with E-state index in [4.69, 9.17) is 10.5 Å². The molecule has 4 N–H and O–H groups in total. The molecule has 7 nitrogen and oxygen atoms in total. The molecule has 1 atom stereocenters. The average molecular weight is 521 g/mol. The highest BCUT2D eigenvalue weighted by Gasteiger charge is 2.16. The average Bonchev–Trinajstić information content (AvgIpc) is 2.70. The summed E-state index contributed by atoms with van der Waals surface area (Å²) in [6.45, 7) is 8.40. The van der Waals surface area contributed by atoms with E-state index in [2.05, 4.69) is 20.5 Å². The highest BCUT2D eigenvalue weighted by atomic mass is 127. The molecule has 164 valence electrons. The number of amides is 1. The molecule has 0 radical (unpaired) electrons. The zero-order chi connectivity index (χ0) is 20.2. The Morgan fingerprint density at radius 1 is 1.28 bits per heavy atom. The lowest BCUT2D eigenvalue weighted by atomic mass is 9.99. The van der Waals surface area contributed by atoms with Crippen molar-refractivity contribution in [2.45, 2.75) is 19.8 Å². The molecule has 0 bridgehead atoms. The normalized spacial score (nSPS) is 16.0. The van der Waals surface area contributed by atoms with Crippen LogP contribution in [0.3, 0.4) is 0 Å².